The van der Waals surface area contributed by atoms with E-state index in [9.17, 15) is 13.5 Å². The molecule has 0 spiro atoms. The van der Waals surface area contributed by atoms with Gasteiger partial charge in [-0.15, -0.1) is 0 Å². The maximum atomic E-state index is 11.1. The molecule has 1 saturated heterocycles. The first-order valence-electron chi connectivity index (χ1n) is 5.95. The monoisotopic (exact) mass is 270 g/mol. The van der Waals surface area contributed by atoms with Crippen molar-refractivity contribution in [1.82, 2.24) is 5.32 Å². The highest BCUT2D eigenvalue weighted by molar-refractivity contribution is 7.89. The van der Waals surface area contributed by atoms with Crippen molar-refractivity contribution < 1.29 is 13.5 Å². The molecule has 0 aromatic heterocycles. The van der Waals surface area contributed by atoms with Gasteiger partial charge in [0.25, 0.3) is 0 Å². The van der Waals surface area contributed by atoms with E-state index >= 15 is 0 Å². The van der Waals surface area contributed by atoms with Gasteiger partial charge in [-0.3, -0.25) is 5.32 Å². The largest absolute Gasteiger partial charge is 0.378 e. The predicted molar refractivity (Wildman–Crippen MR) is 68.1 cm³/mol. The van der Waals surface area contributed by atoms with E-state index in [4.69, 9.17) is 5.14 Å². The Morgan fingerprint density at radius 1 is 1.28 bits per heavy atom. The number of nitrogens with two attached hydrogens (primary N) is 1. The summed E-state index contributed by atoms with van der Waals surface area (Å²) in [5.41, 5.74) is 0.966. The second kappa shape index (κ2) is 4.97. The van der Waals surface area contributed by atoms with Crippen LogP contribution in [-0.4, -0.2) is 19.8 Å². The van der Waals surface area contributed by atoms with Gasteiger partial charge in [0.1, 0.15) is 6.23 Å². The van der Waals surface area contributed by atoms with E-state index in [-0.39, 0.29) is 16.9 Å². The zero-order chi connectivity index (χ0) is 13.3. The summed E-state index contributed by atoms with van der Waals surface area (Å²) in [6.45, 7) is 2.00. The first-order valence-corrected chi connectivity index (χ1v) is 7.49. The Labute approximate surface area is 107 Å². The van der Waals surface area contributed by atoms with E-state index in [1.165, 1.54) is 12.1 Å². The van der Waals surface area contributed by atoms with Crippen molar-refractivity contribution in [2.24, 2.45) is 11.1 Å². The molecule has 6 heteroatoms. The number of aliphatic hydroxyl groups is 1. The number of sulfonamides is 1. The summed E-state index contributed by atoms with van der Waals surface area (Å²) in [5.74, 6) is 0.241. The summed E-state index contributed by atoms with van der Waals surface area (Å²) in [7, 11) is -3.64. The fourth-order valence-corrected chi connectivity index (χ4v) is 2.71. The predicted octanol–water partition coefficient (Wildman–Crippen LogP) is 0.713. The average molecular weight is 270 g/mol. The maximum Gasteiger partial charge on any atom is 0.238 e. The van der Waals surface area contributed by atoms with E-state index in [1.54, 1.807) is 12.1 Å². The Kier molecular flexibility index (Phi) is 3.72. The van der Waals surface area contributed by atoms with Crippen LogP contribution in [0.25, 0.3) is 0 Å². The molecule has 3 unspecified atom stereocenters. The molecule has 0 amide bonds. The number of hydrogen-bond acceptors (Lipinski definition) is 4. The van der Waals surface area contributed by atoms with E-state index in [0.717, 1.165) is 18.4 Å². The zero-order valence-corrected chi connectivity index (χ0v) is 11.0. The number of hydrogen-bond donors (Lipinski definition) is 3. The van der Waals surface area contributed by atoms with Crippen molar-refractivity contribution in [3.8, 4) is 0 Å². The molecular weight excluding hydrogens is 252 g/mol. The molecule has 100 valence electrons. The number of nitrogens with one attached hydrogen (secondary N) is 1. The molecule has 1 aromatic carbocycles. The van der Waals surface area contributed by atoms with Crippen LogP contribution in [0.15, 0.2) is 29.2 Å². The molecule has 2 rings (SSSR count). The van der Waals surface area contributed by atoms with Crippen molar-refractivity contribution in [2.75, 3.05) is 0 Å². The second-order valence-electron chi connectivity index (χ2n) is 4.83. The molecule has 1 heterocycles. The summed E-state index contributed by atoms with van der Waals surface area (Å²) in [6, 6.07) is 6.53. The smallest absolute Gasteiger partial charge is 0.238 e. The summed E-state index contributed by atoms with van der Waals surface area (Å²) in [5, 5.41) is 17.9. The number of piperidine rings is 1. The summed E-state index contributed by atoms with van der Waals surface area (Å²) < 4.78 is 22.3. The van der Waals surface area contributed by atoms with Gasteiger partial charge < -0.3 is 5.11 Å². The zero-order valence-electron chi connectivity index (χ0n) is 10.2. The maximum absolute atomic E-state index is 11.1. The van der Waals surface area contributed by atoms with Crippen LogP contribution in [0.2, 0.25) is 0 Å². The lowest BCUT2D eigenvalue weighted by molar-refractivity contribution is 0.0382. The van der Waals surface area contributed by atoms with Crippen molar-refractivity contribution in [3.05, 3.63) is 29.8 Å². The van der Waals surface area contributed by atoms with Crippen LogP contribution in [0, 0.1) is 5.92 Å². The molecule has 1 fully saturated rings. The third-order valence-electron chi connectivity index (χ3n) is 3.43. The van der Waals surface area contributed by atoms with Crippen LogP contribution in [0.1, 0.15) is 31.4 Å². The molecule has 0 aliphatic carbocycles. The van der Waals surface area contributed by atoms with Crippen LogP contribution in [0.3, 0.4) is 0 Å². The molecule has 0 radical (unpaired) electrons. The number of aliphatic hydroxyl groups excluding tert-OH is 1. The molecule has 18 heavy (non-hydrogen) atoms. The molecule has 0 saturated carbocycles. The number of benzene rings is 1. The first kappa shape index (κ1) is 13.5. The van der Waals surface area contributed by atoms with Crippen LogP contribution in [0.5, 0.6) is 0 Å². The fraction of sp³-hybridized carbons (Fsp3) is 0.500. The van der Waals surface area contributed by atoms with Crippen LogP contribution >= 0.6 is 0 Å². The van der Waals surface area contributed by atoms with Gasteiger partial charge in [-0.1, -0.05) is 19.1 Å². The second-order valence-corrected chi connectivity index (χ2v) is 6.39. The van der Waals surface area contributed by atoms with Gasteiger partial charge in [0.2, 0.25) is 10.0 Å². The average Bonchev–Trinajstić information content (AvgIpc) is 2.32. The molecule has 4 N–H and O–H groups in total. The van der Waals surface area contributed by atoms with Gasteiger partial charge in [0, 0.05) is 6.04 Å². The minimum Gasteiger partial charge on any atom is -0.378 e. The van der Waals surface area contributed by atoms with Crippen molar-refractivity contribution in [1.29, 1.82) is 0 Å². The topological polar surface area (TPSA) is 92.4 Å². The summed E-state index contributed by atoms with van der Waals surface area (Å²) >= 11 is 0. The quantitative estimate of drug-likeness (QED) is 0.738. The van der Waals surface area contributed by atoms with Crippen molar-refractivity contribution in [2.45, 2.75) is 36.9 Å². The van der Waals surface area contributed by atoms with E-state index in [0.29, 0.717) is 0 Å². The SMILES string of the molecule is CC1CCC(c2ccc(S(N)(=O)=O)cc2)NC1O. The van der Waals surface area contributed by atoms with Crippen LogP contribution in [0.4, 0.5) is 0 Å². The fourth-order valence-electron chi connectivity index (χ4n) is 2.19. The van der Waals surface area contributed by atoms with Gasteiger partial charge in [-0.25, -0.2) is 13.6 Å². The molecule has 3 atom stereocenters. The number of primary sulfonamides is 1. The minimum atomic E-state index is -3.64. The lowest BCUT2D eigenvalue weighted by Gasteiger charge is -2.32. The highest BCUT2D eigenvalue weighted by Crippen LogP contribution is 2.28. The summed E-state index contributed by atoms with van der Waals surface area (Å²) in [4.78, 5) is 0.107. The normalized spacial score (nSPS) is 29.2. The Bertz CT molecular complexity index is 513. The molecule has 0 bridgehead atoms. The Morgan fingerprint density at radius 2 is 1.89 bits per heavy atom. The molecular formula is C12H18N2O3S. The Balaban J connectivity index is 2.16. The van der Waals surface area contributed by atoms with Crippen molar-refractivity contribution >= 4 is 10.0 Å². The lowest BCUT2D eigenvalue weighted by Crippen LogP contribution is -2.41. The van der Waals surface area contributed by atoms with Gasteiger partial charge in [0.15, 0.2) is 0 Å². The summed E-state index contributed by atoms with van der Waals surface area (Å²) in [6.07, 6.45) is 1.35. The molecule has 1 aromatic rings. The van der Waals surface area contributed by atoms with E-state index in [2.05, 4.69) is 5.32 Å². The molecule has 1 aliphatic heterocycles. The van der Waals surface area contributed by atoms with Gasteiger partial charge in [-0.05, 0) is 36.5 Å². The van der Waals surface area contributed by atoms with Crippen molar-refractivity contribution in [3.63, 3.8) is 0 Å². The standard InChI is InChI=1S/C12H18N2O3S/c1-8-2-7-11(14-12(8)15)9-3-5-10(6-4-9)18(13,16)17/h3-6,8,11-12,14-15H,2,7H2,1H3,(H2,13,16,17). The third-order valence-corrected chi connectivity index (χ3v) is 4.36. The molecule has 5 nitrogen and oxygen atoms in total. The lowest BCUT2D eigenvalue weighted by atomic mass is 9.91. The Morgan fingerprint density at radius 3 is 2.39 bits per heavy atom. The van der Waals surface area contributed by atoms with Crippen LogP contribution < -0.4 is 10.5 Å². The third kappa shape index (κ3) is 2.89. The van der Waals surface area contributed by atoms with Gasteiger partial charge in [0.05, 0.1) is 4.90 Å². The highest BCUT2D eigenvalue weighted by atomic mass is 32.2. The van der Waals surface area contributed by atoms with Crippen LogP contribution in [-0.2, 0) is 10.0 Å². The molecule has 1 aliphatic rings. The Hall–Kier alpha value is -0.950. The number of rotatable bonds is 2. The van der Waals surface area contributed by atoms with E-state index < -0.39 is 16.3 Å². The van der Waals surface area contributed by atoms with E-state index in [1.807, 2.05) is 6.92 Å². The van der Waals surface area contributed by atoms with Gasteiger partial charge >= 0.3 is 0 Å². The van der Waals surface area contributed by atoms with Gasteiger partial charge in [-0.2, -0.15) is 0 Å². The first-order chi connectivity index (χ1) is 8.38. The minimum absolute atomic E-state index is 0.0609. The highest BCUT2D eigenvalue weighted by Gasteiger charge is 2.26.